The molecular formula is C11H9BrClFN4. The van der Waals surface area contributed by atoms with Gasteiger partial charge in [0.1, 0.15) is 0 Å². The number of aromatic nitrogens is 2. The molecule has 94 valence electrons. The van der Waals surface area contributed by atoms with E-state index in [-0.39, 0.29) is 5.82 Å². The second-order valence-corrected chi connectivity index (χ2v) is 4.66. The Hall–Kier alpha value is -1.40. The molecule has 1 aromatic heterocycles. The summed E-state index contributed by atoms with van der Waals surface area (Å²) in [5.74, 6) is -0.108. The van der Waals surface area contributed by atoms with Gasteiger partial charge in [-0.15, -0.1) is 0 Å². The van der Waals surface area contributed by atoms with E-state index in [0.29, 0.717) is 16.7 Å². The average Bonchev–Trinajstić information content (AvgIpc) is 2.36. The molecule has 4 nitrogen and oxygen atoms in total. The zero-order chi connectivity index (χ0) is 13.1. The Bertz CT molecular complexity index is 579. The van der Waals surface area contributed by atoms with E-state index in [4.69, 9.17) is 11.6 Å². The zero-order valence-electron chi connectivity index (χ0n) is 9.34. The highest BCUT2D eigenvalue weighted by molar-refractivity contribution is 9.10. The molecule has 0 unspecified atom stereocenters. The molecule has 2 rings (SSSR count). The molecule has 2 N–H and O–H groups in total. The van der Waals surface area contributed by atoms with E-state index >= 15 is 0 Å². The second-order valence-electron chi connectivity index (χ2n) is 3.39. The van der Waals surface area contributed by atoms with Crippen LogP contribution in [0.2, 0.25) is 5.02 Å². The smallest absolute Gasteiger partial charge is 0.224 e. The van der Waals surface area contributed by atoms with E-state index in [0.717, 1.165) is 10.7 Å². The third-order valence-corrected chi connectivity index (χ3v) is 3.38. The van der Waals surface area contributed by atoms with Gasteiger partial charge in [-0.3, -0.25) is 0 Å². The van der Waals surface area contributed by atoms with Crippen LogP contribution in [0.3, 0.4) is 0 Å². The van der Waals surface area contributed by atoms with Gasteiger partial charge in [-0.25, -0.2) is 9.37 Å². The summed E-state index contributed by atoms with van der Waals surface area (Å²) in [5.41, 5.74) is 0.642. The fraction of sp³-hybridized carbons (Fsp3) is 0.0909. The number of halogens is 3. The van der Waals surface area contributed by atoms with Crippen molar-refractivity contribution in [3.63, 3.8) is 0 Å². The van der Waals surface area contributed by atoms with Crippen molar-refractivity contribution >= 4 is 45.0 Å². The van der Waals surface area contributed by atoms with Gasteiger partial charge in [0.25, 0.3) is 0 Å². The van der Waals surface area contributed by atoms with Gasteiger partial charge < -0.3 is 10.6 Å². The van der Waals surface area contributed by atoms with Gasteiger partial charge in [-0.1, -0.05) is 11.6 Å². The molecule has 1 heterocycles. The first-order chi connectivity index (χ1) is 8.60. The molecule has 0 aliphatic carbocycles. The van der Waals surface area contributed by atoms with Gasteiger partial charge in [-0.2, -0.15) is 4.98 Å². The fourth-order valence-corrected chi connectivity index (χ4v) is 1.71. The van der Waals surface area contributed by atoms with Gasteiger partial charge >= 0.3 is 0 Å². The number of hydrogen-bond acceptors (Lipinski definition) is 4. The topological polar surface area (TPSA) is 49.8 Å². The van der Waals surface area contributed by atoms with Gasteiger partial charge in [0.15, 0.2) is 11.6 Å². The van der Waals surface area contributed by atoms with Crippen LogP contribution in [0.5, 0.6) is 0 Å². The van der Waals surface area contributed by atoms with Crippen LogP contribution in [0.1, 0.15) is 0 Å². The summed E-state index contributed by atoms with van der Waals surface area (Å²) in [6.45, 7) is 0. The lowest BCUT2D eigenvalue weighted by atomic mass is 10.3. The molecule has 0 atom stereocenters. The lowest BCUT2D eigenvalue weighted by Crippen LogP contribution is -2.02. The number of anilines is 3. The van der Waals surface area contributed by atoms with Crippen LogP contribution in [0.15, 0.2) is 28.9 Å². The quantitative estimate of drug-likeness (QED) is 0.898. The molecule has 0 spiro atoms. The maximum Gasteiger partial charge on any atom is 0.224 e. The average molecular weight is 332 g/mol. The molecule has 0 aliphatic rings. The van der Waals surface area contributed by atoms with Crippen LogP contribution < -0.4 is 10.6 Å². The van der Waals surface area contributed by atoms with Crippen LogP contribution in [0, 0.1) is 5.82 Å². The number of benzene rings is 1. The van der Waals surface area contributed by atoms with Crippen LogP contribution in [-0.2, 0) is 0 Å². The van der Waals surface area contributed by atoms with Crippen LogP contribution in [0.4, 0.5) is 21.8 Å². The highest BCUT2D eigenvalue weighted by Gasteiger charge is 2.07. The normalized spacial score (nSPS) is 10.2. The van der Waals surface area contributed by atoms with Gasteiger partial charge in [0.05, 0.1) is 11.2 Å². The van der Waals surface area contributed by atoms with Gasteiger partial charge in [0, 0.05) is 17.2 Å². The van der Waals surface area contributed by atoms with E-state index in [1.807, 2.05) is 0 Å². The summed E-state index contributed by atoms with van der Waals surface area (Å²) in [6, 6.07) is 5.20. The second kappa shape index (κ2) is 5.49. The maximum atomic E-state index is 13.5. The zero-order valence-corrected chi connectivity index (χ0v) is 11.7. The summed E-state index contributed by atoms with van der Waals surface area (Å²) < 4.78 is 14.3. The summed E-state index contributed by atoms with van der Waals surface area (Å²) in [7, 11) is 1.66. The van der Waals surface area contributed by atoms with E-state index in [1.165, 1.54) is 0 Å². The first-order valence-corrected chi connectivity index (χ1v) is 6.19. The highest BCUT2D eigenvalue weighted by atomic mass is 79.9. The van der Waals surface area contributed by atoms with E-state index in [9.17, 15) is 4.39 Å². The predicted molar refractivity (Wildman–Crippen MR) is 74.0 cm³/mol. The molecule has 7 heteroatoms. The Kier molecular flexibility index (Phi) is 3.98. The first kappa shape index (κ1) is 13.0. The van der Waals surface area contributed by atoms with E-state index < -0.39 is 5.82 Å². The lowest BCUT2D eigenvalue weighted by Gasteiger charge is -2.08. The minimum Gasteiger partial charge on any atom is -0.357 e. The first-order valence-electron chi connectivity index (χ1n) is 5.02. The molecule has 0 fully saturated rings. The van der Waals surface area contributed by atoms with Crippen molar-refractivity contribution in [1.29, 1.82) is 0 Å². The molecule has 18 heavy (non-hydrogen) atoms. The van der Waals surface area contributed by atoms with Crippen molar-refractivity contribution in [2.75, 3.05) is 17.7 Å². The summed E-state index contributed by atoms with van der Waals surface area (Å²) in [6.07, 6.45) is 1.10. The largest absolute Gasteiger partial charge is 0.357 e. The molecule has 0 bridgehead atoms. The standard InChI is InChI=1S/C11H9BrClFN4/c1-15-11-16-5-9(14)10(18-11)17-6-2-3-7(12)8(13)4-6/h2-5H,1H3,(H2,15,16,17,18). The summed E-state index contributed by atoms with van der Waals surface area (Å²) in [5, 5.41) is 6.11. The number of rotatable bonds is 3. The van der Waals surface area contributed by atoms with Crippen molar-refractivity contribution in [2.45, 2.75) is 0 Å². The number of nitrogens with zero attached hydrogens (tertiary/aromatic N) is 2. The van der Waals surface area contributed by atoms with Crippen LogP contribution in [0.25, 0.3) is 0 Å². The monoisotopic (exact) mass is 330 g/mol. The Morgan fingerprint density at radius 2 is 2.17 bits per heavy atom. The van der Waals surface area contributed by atoms with Crippen molar-refractivity contribution < 1.29 is 4.39 Å². The molecule has 0 amide bonds. The van der Waals surface area contributed by atoms with E-state index in [2.05, 4.69) is 36.5 Å². The molecule has 0 saturated carbocycles. The Balaban J connectivity index is 2.30. The molecule has 0 aliphatic heterocycles. The van der Waals surface area contributed by atoms with Crippen molar-refractivity contribution in [1.82, 2.24) is 9.97 Å². The van der Waals surface area contributed by atoms with Crippen molar-refractivity contribution in [3.8, 4) is 0 Å². The summed E-state index contributed by atoms with van der Waals surface area (Å²) in [4.78, 5) is 7.73. The fourth-order valence-electron chi connectivity index (χ4n) is 1.29. The Morgan fingerprint density at radius 1 is 1.39 bits per heavy atom. The molecule has 2 aromatic rings. The SMILES string of the molecule is CNc1ncc(F)c(Nc2ccc(Br)c(Cl)c2)n1. The minimum atomic E-state index is -0.534. The van der Waals surface area contributed by atoms with Crippen molar-refractivity contribution in [2.24, 2.45) is 0 Å². The number of nitrogens with one attached hydrogen (secondary N) is 2. The molecule has 0 saturated heterocycles. The molecule has 0 radical (unpaired) electrons. The maximum absolute atomic E-state index is 13.5. The third-order valence-electron chi connectivity index (χ3n) is 2.15. The van der Waals surface area contributed by atoms with Gasteiger partial charge in [-0.05, 0) is 34.1 Å². The minimum absolute atomic E-state index is 0.0905. The highest BCUT2D eigenvalue weighted by Crippen LogP contribution is 2.27. The van der Waals surface area contributed by atoms with Crippen LogP contribution >= 0.6 is 27.5 Å². The lowest BCUT2D eigenvalue weighted by molar-refractivity contribution is 0.619. The Labute approximate surface area is 117 Å². The number of hydrogen-bond donors (Lipinski definition) is 2. The van der Waals surface area contributed by atoms with Crippen molar-refractivity contribution in [3.05, 3.63) is 39.7 Å². The van der Waals surface area contributed by atoms with Gasteiger partial charge in [0.2, 0.25) is 5.95 Å². The molecule has 1 aromatic carbocycles. The molecular weight excluding hydrogens is 323 g/mol. The van der Waals surface area contributed by atoms with Crippen LogP contribution in [-0.4, -0.2) is 17.0 Å². The van der Waals surface area contributed by atoms with E-state index in [1.54, 1.807) is 25.2 Å². The third kappa shape index (κ3) is 2.88. The Morgan fingerprint density at radius 3 is 2.83 bits per heavy atom. The summed E-state index contributed by atoms with van der Waals surface area (Å²) >= 11 is 9.24. The predicted octanol–water partition coefficient (Wildman–Crippen LogP) is 3.82.